The van der Waals surface area contributed by atoms with Gasteiger partial charge in [-0.05, 0) is 37.5 Å². The summed E-state index contributed by atoms with van der Waals surface area (Å²) in [4.78, 5) is 14.4. The third-order valence-corrected chi connectivity index (χ3v) is 3.93. The van der Waals surface area contributed by atoms with Crippen molar-refractivity contribution in [2.75, 3.05) is 6.54 Å². The number of carbonyl (C=O) groups is 1. The molecule has 3 nitrogen and oxygen atoms in total. The number of nitrogens with two attached hydrogens (primary N) is 1. The number of nitrogens with zero attached hydrogens (tertiary/aromatic N) is 1. The quantitative estimate of drug-likeness (QED) is 0.839. The SMILES string of the molecule is NC(=S)C1CCCCN1C(=O)c1cc(F)cc(Br)c1. The molecule has 2 rings (SSSR count). The van der Waals surface area contributed by atoms with Crippen LogP contribution in [-0.4, -0.2) is 28.4 Å². The van der Waals surface area contributed by atoms with E-state index in [4.69, 9.17) is 18.0 Å². The van der Waals surface area contributed by atoms with Gasteiger partial charge in [-0.1, -0.05) is 28.1 Å². The lowest BCUT2D eigenvalue weighted by atomic mass is 10.0. The van der Waals surface area contributed by atoms with E-state index in [1.807, 2.05) is 0 Å². The van der Waals surface area contributed by atoms with Crippen molar-refractivity contribution in [3.05, 3.63) is 34.1 Å². The number of carbonyl (C=O) groups excluding carboxylic acids is 1. The van der Waals surface area contributed by atoms with E-state index in [2.05, 4.69) is 15.9 Å². The topological polar surface area (TPSA) is 46.3 Å². The van der Waals surface area contributed by atoms with E-state index < -0.39 is 5.82 Å². The van der Waals surface area contributed by atoms with Crippen LogP contribution in [0.3, 0.4) is 0 Å². The predicted octanol–water partition coefficient (Wildman–Crippen LogP) is 2.87. The number of amides is 1. The summed E-state index contributed by atoms with van der Waals surface area (Å²) in [5.74, 6) is -0.667. The largest absolute Gasteiger partial charge is 0.392 e. The lowest BCUT2D eigenvalue weighted by molar-refractivity contribution is 0.0681. The lowest BCUT2D eigenvalue weighted by Gasteiger charge is -2.35. The van der Waals surface area contributed by atoms with Crippen molar-refractivity contribution in [3.8, 4) is 0 Å². The summed E-state index contributed by atoms with van der Waals surface area (Å²) in [6, 6.07) is 3.94. The van der Waals surface area contributed by atoms with Crippen LogP contribution in [0, 0.1) is 5.82 Å². The van der Waals surface area contributed by atoms with Gasteiger partial charge in [0.05, 0.1) is 11.0 Å². The van der Waals surface area contributed by atoms with Gasteiger partial charge in [-0.3, -0.25) is 4.79 Å². The predicted molar refractivity (Wildman–Crippen MR) is 79.6 cm³/mol. The summed E-state index contributed by atoms with van der Waals surface area (Å²) in [5.41, 5.74) is 6.00. The van der Waals surface area contributed by atoms with Crippen molar-refractivity contribution in [2.24, 2.45) is 5.73 Å². The van der Waals surface area contributed by atoms with E-state index in [9.17, 15) is 9.18 Å². The summed E-state index contributed by atoms with van der Waals surface area (Å²) in [6.45, 7) is 0.606. The van der Waals surface area contributed by atoms with Gasteiger partial charge in [0.2, 0.25) is 0 Å². The van der Waals surface area contributed by atoms with Crippen molar-refractivity contribution < 1.29 is 9.18 Å². The molecule has 1 aliphatic rings. The van der Waals surface area contributed by atoms with E-state index in [-0.39, 0.29) is 11.9 Å². The number of hydrogen-bond donors (Lipinski definition) is 1. The van der Waals surface area contributed by atoms with Crippen LogP contribution in [0.4, 0.5) is 4.39 Å². The van der Waals surface area contributed by atoms with Crippen LogP contribution in [0.2, 0.25) is 0 Å². The maximum atomic E-state index is 13.4. The first kappa shape index (κ1) is 14.4. The van der Waals surface area contributed by atoms with Crippen LogP contribution in [-0.2, 0) is 0 Å². The minimum absolute atomic E-state index is 0.224. The Morgan fingerprint density at radius 3 is 2.79 bits per heavy atom. The number of piperidine rings is 1. The van der Waals surface area contributed by atoms with E-state index >= 15 is 0 Å². The van der Waals surface area contributed by atoms with Gasteiger partial charge in [0, 0.05) is 16.6 Å². The first-order chi connectivity index (χ1) is 8.99. The first-order valence-electron chi connectivity index (χ1n) is 6.05. The number of likely N-dealkylation sites (tertiary alicyclic amines) is 1. The van der Waals surface area contributed by atoms with Gasteiger partial charge in [0.25, 0.3) is 5.91 Å². The average Bonchev–Trinajstić information content (AvgIpc) is 2.36. The normalized spacial score (nSPS) is 19.3. The fraction of sp³-hybridized carbons (Fsp3) is 0.385. The number of benzene rings is 1. The Morgan fingerprint density at radius 1 is 1.42 bits per heavy atom. The Balaban J connectivity index is 2.28. The maximum absolute atomic E-state index is 13.4. The van der Waals surface area contributed by atoms with Gasteiger partial charge in [0.15, 0.2) is 0 Å². The van der Waals surface area contributed by atoms with E-state index in [0.29, 0.717) is 21.6 Å². The highest BCUT2D eigenvalue weighted by Gasteiger charge is 2.29. The van der Waals surface area contributed by atoms with Crippen LogP contribution in [0.5, 0.6) is 0 Å². The standard InChI is InChI=1S/C13H14BrFN2OS/c14-9-5-8(6-10(15)7-9)13(18)17-4-2-1-3-11(17)12(16)19/h5-7,11H,1-4H2,(H2,16,19). The molecule has 1 fully saturated rings. The second-order valence-corrected chi connectivity index (χ2v) is 5.96. The second kappa shape index (κ2) is 5.96. The molecule has 1 unspecified atom stereocenters. The molecular weight excluding hydrogens is 331 g/mol. The van der Waals surface area contributed by atoms with Crippen LogP contribution >= 0.6 is 28.1 Å². The molecule has 1 aromatic carbocycles. The number of rotatable bonds is 2. The van der Waals surface area contributed by atoms with Crippen LogP contribution in [0.25, 0.3) is 0 Å². The summed E-state index contributed by atoms with van der Waals surface area (Å²) in [7, 11) is 0. The molecule has 1 aromatic rings. The third kappa shape index (κ3) is 3.30. The zero-order valence-electron chi connectivity index (χ0n) is 10.2. The summed E-state index contributed by atoms with van der Waals surface area (Å²) >= 11 is 8.20. The lowest BCUT2D eigenvalue weighted by Crippen LogP contribution is -2.49. The number of halogens is 2. The fourth-order valence-electron chi connectivity index (χ4n) is 2.31. The van der Waals surface area contributed by atoms with Crippen molar-refractivity contribution >= 4 is 39.0 Å². The molecule has 0 saturated carbocycles. The maximum Gasteiger partial charge on any atom is 0.254 e. The monoisotopic (exact) mass is 344 g/mol. The highest BCUT2D eigenvalue weighted by atomic mass is 79.9. The van der Waals surface area contributed by atoms with Gasteiger partial charge in [-0.15, -0.1) is 0 Å². The van der Waals surface area contributed by atoms with Gasteiger partial charge < -0.3 is 10.6 Å². The summed E-state index contributed by atoms with van der Waals surface area (Å²) in [6.07, 6.45) is 2.69. The second-order valence-electron chi connectivity index (χ2n) is 4.57. The number of thiocarbonyl (C=S) groups is 1. The Morgan fingerprint density at radius 2 is 2.16 bits per heavy atom. The molecule has 1 heterocycles. The molecule has 1 aliphatic heterocycles. The van der Waals surface area contributed by atoms with Crippen molar-refractivity contribution in [1.29, 1.82) is 0 Å². The average molecular weight is 345 g/mol. The van der Waals surface area contributed by atoms with Crippen molar-refractivity contribution in [2.45, 2.75) is 25.3 Å². The fourth-order valence-corrected chi connectivity index (χ4v) is 3.02. The molecule has 1 atom stereocenters. The zero-order valence-corrected chi connectivity index (χ0v) is 12.6. The highest BCUT2D eigenvalue weighted by Crippen LogP contribution is 2.22. The Bertz CT molecular complexity index is 503. The molecule has 6 heteroatoms. The molecule has 2 N–H and O–H groups in total. The minimum Gasteiger partial charge on any atom is -0.392 e. The van der Waals surface area contributed by atoms with Crippen LogP contribution in [0.1, 0.15) is 29.6 Å². The molecule has 1 saturated heterocycles. The summed E-state index contributed by atoms with van der Waals surface area (Å²) in [5, 5.41) is 0. The molecule has 1 amide bonds. The molecule has 0 bridgehead atoms. The Labute approximate surface area is 125 Å². The molecule has 0 spiro atoms. The smallest absolute Gasteiger partial charge is 0.254 e. The van der Waals surface area contributed by atoms with Gasteiger partial charge >= 0.3 is 0 Å². The molecule has 102 valence electrons. The Kier molecular flexibility index (Phi) is 4.52. The van der Waals surface area contributed by atoms with Crippen molar-refractivity contribution in [3.63, 3.8) is 0 Å². The molecule has 0 radical (unpaired) electrons. The third-order valence-electron chi connectivity index (χ3n) is 3.20. The van der Waals surface area contributed by atoms with Crippen LogP contribution < -0.4 is 5.73 Å². The zero-order chi connectivity index (χ0) is 14.0. The van der Waals surface area contributed by atoms with Crippen molar-refractivity contribution in [1.82, 2.24) is 4.90 Å². The first-order valence-corrected chi connectivity index (χ1v) is 7.25. The highest BCUT2D eigenvalue weighted by molar-refractivity contribution is 9.10. The van der Waals surface area contributed by atoms with E-state index in [1.54, 1.807) is 11.0 Å². The van der Waals surface area contributed by atoms with Gasteiger partial charge in [0.1, 0.15) is 5.82 Å². The molecule has 19 heavy (non-hydrogen) atoms. The molecule has 0 aliphatic carbocycles. The van der Waals surface area contributed by atoms with E-state index in [0.717, 1.165) is 19.3 Å². The molecule has 0 aromatic heterocycles. The number of hydrogen-bond acceptors (Lipinski definition) is 2. The van der Waals surface area contributed by atoms with Gasteiger partial charge in [-0.2, -0.15) is 0 Å². The molecular formula is C13H14BrFN2OS. The van der Waals surface area contributed by atoms with Crippen LogP contribution in [0.15, 0.2) is 22.7 Å². The Hall–Kier alpha value is -1.01. The minimum atomic E-state index is -0.443. The van der Waals surface area contributed by atoms with Gasteiger partial charge in [-0.25, -0.2) is 4.39 Å². The van der Waals surface area contributed by atoms with E-state index in [1.165, 1.54) is 12.1 Å². The summed E-state index contributed by atoms with van der Waals surface area (Å²) < 4.78 is 13.9.